The maximum absolute atomic E-state index is 13.5. The molecule has 0 aliphatic rings. The van der Waals surface area contributed by atoms with Crippen LogP contribution in [0.1, 0.15) is 29.5 Å². The van der Waals surface area contributed by atoms with E-state index in [1.54, 1.807) is 19.1 Å². The predicted octanol–water partition coefficient (Wildman–Crippen LogP) is 4.55. The lowest BCUT2D eigenvalue weighted by atomic mass is 10.0. The van der Waals surface area contributed by atoms with Crippen LogP contribution < -0.4 is 14.8 Å². The minimum absolute atomic E-state index is 0.0747. The number of hydrogen-bond donors (Lipinski definition) is 1. The van der Waals surface area contributed by atoms with Gasteiger partial charge in [-0.05, 0) is 48.7 Å². The first-order chi connectivity index (χ1) is 17.0. The van der Waals surface area contributed by atoms with E-state index >= 15 is 0 Å². The number of nitrogens with one attached hydrogen (secondary N) is 1. The van der Waals surface area contributed by atoms with E-state index in [0.717, 1.165) is 28.2 Å². The third-order valence-electron chi connectivity index (χ3n) is 5.82. The monoisotopic (exact) mass is 474 g/mol. The maximum atomic E-state index is 13.5. The lowest BCUT2D eigenvalue weighted by molar-refractivity contribution is -0.141. The minimum Gasteiger partial charge on any atom is -0.497 e. The molecule has 6 heteroatoms. The van der Waals surface area contributed by atoms with E-state index in [0.29, 0.717) is 26.0 Å². The van der Waals surface area contributed by atoms with E-state index in [1.807, 2.05) is 79.7 Å². The third-order valence-corrected chi connectivity index (χ3v) is 5.82. The molecule has 3 aromatic carbocycles. The van der Waals surface area contributed by atoms with E-state index in [2.05, 4.69) is 11.4 Å². The standard InChI is InChI=1S/C29H34N2O4/c1-22-9-7-12-24(19-22)21-31(27(29(33)30-2)20-23-10-5-4-6-11-23)28(32)13-8-18-35-26-16-14-25(34-3)15-17-26/h4-7,9-12,14-17,19,27H,8,13,18,20-21H2,1-3H3,(H,30,33)/t27-/m0/s1. The van der Waals surface area contributed by atoms with Gasteiger partial charge < -0.3 is 19.7 Å². The van der Waals surface area contributed by atoms with E-state index in [-0.39, 0.29) is 18.2 Å². The topological polar surface area (TPSA) is 67.9 Å². The Labute approximate surface area is 207 Å². The van der Waals surface area contributed by atoms with Crippen molar-refractivity contribution in [2.45, 2.75) is 38.8 Å². The Kier molecular flexibility index (Phi) is 9.72. The van der Waals surface area contributed by atoms with E-state index < -0.39 is 6.04 Å². The number of likely N-dealkylation sites (N-methyl/N-ethyl adjacent to an activating group) is 1. The van der Waals surface area contributed by atoms with E-state index in [9.17, 15) is 9.59 Å². The van der Waals surface area contributed by atoms with Crippen molar-refractivity contribution in [2.24, 2.45) is 0 Å². The van der Waals surface area contributed by atoms with Crippen molar-refractivity contribution in [3.8, 4) is 11.5 Å². The quantitative estimate of drug-likeness (QED) is 0.391. The van der Waals surface area contributed by atoms with Gasteiger partial charge in [-0.3, -0.25) is 9.59 Å². The summed E-state index contributed by atoms with van der Waals surface area (Å²) in [6.07, 6.45) is 1.27. The number of carbonyl (C=O) groups excluding carboxylic acids is 2. The first kappa shape index (κ1) is 25.8. The molecule has 1 atom stereocenters. The van der Waals surface area contributed by atoms with Gasteiger partial charge in [0.2, 0.25) is 11.8 Å². The molecule has 6 nitrogen and oxygen atoms in total. The second-order valence-corrected chi connectivity index (χ2v) is 8.46. The van der Waals surface area contributed by atoms with Crippen LogP contribution in [-0.2, 0) is 22.6 Å². The number of aryl methyl sites for hydroxylation is 1. The van der Waals surface area contributed by atoms with Crippen molar-refractivity contribution in [1.82, 2.24) is 10.2 Å². The second kappa shape index (κ2) is 13.2. The molecule has 0 saturated carbocycles. The van der Waals surface area contributed by atoms with Crippen molar-refractivity contribution < 1.29 is 19.1 Å². The van der Waals surface area contributed by atoms with Gasteiger partial charge in [0.25, 0.3) is 0 Å². The number of ether oxygens (including phenoxy) is 2. The molecular formula is C29H34N2O4. The van der Waals surface area contributed by atoms with Crippen molar-refractivity contribution >= 4 is 11.8 Å². The average Bonchev–Trinajstić information content (AvgIpc) is 2.89. The zero-order chi connectivity index (χ0) is 25.0. The Bertz CT molecular complexity index is 1080. The molecule has 0 radical (unpaired) electrons. The number of benzene rings is 3. The minimum atomic E-state index is -0.613. The maximum Gasteiger partial charge on any atom is 0.242 e. The summed E-state index contributed by atoms with van der Waals surface area (Å²) < 4.78 is 11.0. The highest BCUT2D eigenvalue weighted by Crippen LogP contribution is 2.19. The second-order valence-electron chi connectivity index (χ2n) is 8.46. The van der Waals surface area contributed by atoms with Crippen LogP contribution in [0.4, 0.5) is 0 Å². The Morgan fingerprint density at radius 2 is 1.60 bits per heavy atom. The summed E-state index contributed by atoms with van der Waals surface area (Å²) in [6, 6.07) is 24.6. The molecule has 0 aliphatic heterocycles. The highest BCUT2D eigenvalue weighted by molar-refractivity contribution is 5.87. The molecule has 184 valence electrons. The molecule has 35 heavy (non-hydrogen) atoms. The normalized spacial score (nSPS) is 11.4. The Morgan fingerprint density at radius 3 is 2.26 bits per heavy atom. The Morgan fingerprint density at radius 1 is 0.914 bits per heavy atom. The molecule has 1 N–H and O–H groups in total. The van der Waals surface area contributed by atoms with E-state index in [4.69, 9.17) is 9.47 Å². The number of carbonyl (C=O) groups is 2. The van der Waals surface area contributed by atoms with Gasteiger partial charge >= 0.3 is 0 Å². The fourth-order valence-corrected chi connectivity index (χ4v) is 3.96. The SMILES string of the molecule is CNC(=O)[C@H](Cc1ccccc1)N(Cc1cccc(C)c1)C(=O)CCCOc1ccc(OC)cc1. The van der Waals surface area contributed by atoms with Crippen LogP contribution in [-0.4, -0.2) is 43.5 Å². The molecule has 0 saturated heterocycles. The lowest BCUT2D eigenvalue weighted by Crippen LogP contribution is -2.49. The highest BCUT2D eigenvalue weighted by Gasteiger charge is 2.29. The Balaban J connectivity index is 1.72. The van der Waals surface area contributed by atoms with Gasteiger partial charge in [0, 0.05) is 26.4 Å². The molecule has 0 fully saturated rings. The smallest absolute Gasteiger partial charge is 0.242 e. The van der Waals surface area contributed by atoms with Crippen molar-refractivity contribution in [3.05, 3.63) is 95.6 Å². The summed E-state index contributed by atoms with van der Waals surface area (Å²) in [6.45, 7) is 2.79. The van der Waals surface area contributed by atoms with Crippen molar-refractivity contribution in [2.75, 3.05) is 20.8 Å². The van der Waals surface area contributed by atoms with Gasteiger partial charge in [0.05, 0.1) is 13.7 Å². The summed E-state index contributed by atoms with van der Waals surface area (Å²) >= 11 is 0. The van der Waals surface area contributed by atoms with Gasteiger partial charge in [0.15, 0.2) is 0 Å². The van der Waals surface area contributed by atoms with Crippen LogP contribution in [0, 0.1) is 6.92 Å². The predicted molar refractivity (Wildman–Crippen MR) is 137 cm³/mol. The zero-order valence-electron chi connectivity index (χ0n) is 20.7. The molecule has 0 spiro atoms. The molecule has 0 aromatic heterocycles. The summed E-state index contributed by atoms with van der Waals surface area (Å²) in [5, 5.41) is 2.75. The van der Waals surface area contributed by atoms with Crippen molar-refractivity contribution in [3.63, 3.8) is 0 Å². The van der Waals surface area contributed by atoms with Crippen LogP contribution in [0.2, 0.25) is 0 Å². The van der Waals surface area contributed by atoms with Crippen LogP contribution in [0.15, 0.2) is 78.9 Å². The number of rotatable bonds is 12. The average molecular weight is 475 g/mol. The molecule has 3 rings (SSSR count). The van der Waals surface area contributed by atoms with E-state index in [1.165, 1.54) is 0 Å². The molecule has 0 unspecified atom stereocenters. The van der Waals surface area contributed by atoms with Gasteiger partial charge in [-0.1, -0.05) is 60.2 Å². The molecule has 0 bridgehead atoms. The van der Waals surface area contributed by atoms with Crippen LogP contribution in [0.5, 0.6) is 11.5 Å². The highest BCUT2D eigenvalue weighted by atomic mass is 16.5. The fraction of sp³-hybridized carbons (Fsp3) is 0.310. The van der Waals surface area contributed by atoms with Gasteiger partial charge in [-0.2, -0.15) is 0 Å². The zero-order valence-corrected chi connectivity index (χ0v) is 20.7. The van der Waals surface area contributed by atoms with Crippen molar-refractivity contribution in [1.29, 1.82) is 0 Å². The summed E-state index contributed by atoms with van der Waals surface area (Å²) in [5.74, 6) is 1.24. The van der Waals surface area contributed by atoms with Crippen LogP contribution >= 0.6 is 0 Å². The fourth-order valence-electron chi connectivity index (χ4n) is 3.96. The lowest BCUT2D eigenvalue weighted by Gasteiger charge is -2.31. The van der Waals surface area contributed by atoms with Gasteiger partial charge in [-0.15, -0.1) is 0 Å². The largest absolute Gasteiger partial charge is 0.497 e. The summed E-state index contributed by atoms with van der Waals surface area (Å²) in [5.41, 5.74) is 3.11. The molecule has 3 aromatic rings. The Hall–Kier alpha value is -3.80. The summed E-state index contributed by atoms with van der Waals surface area (Å²) in [7, 11) is 3.23. The van der Waals surface area contributed by atoms with Gasteiger partial charge in [-0.25, -0.2) is 0 Å². The first-order valence-corrected chi connectivity index (χ1v) is 11.9. The van der Waals surface area contributed by atoms with Gasteiger partial charge in [0.1, 0.15) is 17.5 Å². The number of hydrogen-bond acceptors (Lipinski definition) is 4. The van der Waals surface area contributed by atoms with Crippen LogP contribution in [0.25, 0.3) is 0 Å². The number of methoxy groups -OCH3 is 1. The number of amides is 2. The first-order valence-electron chi connectivity index (χ1n) is 11.9. The third kappa shape index (κ3) is 7.88. The molecule has 0 aliphatic carbocycles. The molecular weight excluding hydrogens is 440 g/mol. The molecule has 2 amide bonds. The molecule has 0 heterocycles. The van der Waals surface area contributed by atoms with Crippen LogP contribution in [0.3, 0.4) is 0 Å². The number of nitrogens with zero attached hydrogens (tertiary/aromatic N) is 1. The summed E-state index contributed by atoms with van der Waals surface area (Å²) in [4.78, 5) is 28.1.